The van der Waals surface area contributed by atoms with Gasteiger partial charge in [0.2, 0.25) is 5.91 Å². The summed E-state index contributed by atoms with van der Waals surface area (Å²) < 4.78 is 8.57. The van der Waals surface area contributed by atoms with Crippen molar-refractivity contribution in [3.63, 3.8) is 0 Å². The highest BCUT2D eigenvalue weighted by molar-refractivity contribution is 6.03. The topological polar surface area (TPSA) is 107 Å². The lowest BCUT2D eigenvalue weighted by Crippen LogP contribution is -2.41. The van der Waals surface area contributed by atoms with Gasteiger partial charge in [-0.15, -0.1) is 0 Å². The van der Waals surface area contributed by atoms with Gasteiger partial charge in [-0.25, -0.2) is 9.67 Å². The summed E-state index contributed by atoms with van der Waals surface area (Å²) in [7, 11) is 0. The summed E-state index contributed by atoms with van der Waals surface area (Å²) >= 11 is 0. The van der Waals surface area contributed by atoms with Crippen LogP contribution >= 0.6 is 0 Å². The summed E-state index contributed by atoms with van der Waals surface area (Å²) in [4.78, 5) is 32.6. The van der Waals surface area contributed by atoms with Crippen LogP contribution in [0.5, 0.6) is 0 Å². The summed E-state index contributed by atoms with van der Waals surface area (Å²) in [5.41, 5.74) is 5.45. The Hall–Kier alpha value is -4.05. The van der Waals surface area contributed by atoms with Gasteiger partial charge < -0.3 is 15.0 Å². The molecule has 10 heteroatoms. The fourth-order valence-electron chi connectivity index (χ4n) is 4.63. The van der Waals surface area contributed by atoms with E-state index in [-0.39, 0.29) is 18.4 Å². The molecule has 1 saturated heterocycles. The van der Waals surface area contributed by atoms with Crippen LogP contribution in [0.15, 0.2) is 42.7 Å². The second-order valence-electron chi connectivity index (χ2n) is 8.85. The van der Waals surface area contributed by atoms with E-state index in [1.165, 1.54) is 6.20 Å². The first kappa shape index (κ1) is 23.7. The molecule has 4 heterocycles. The van der Waals surface area contributed by atoms with E-state index in [1.807, 2.05) is 26.0 Å². The number of nitrogens with one attached hydrogen (secondary N) is 1. The van der Waals surface area contributed by atoms with Gasteiger partial charge in [-0.05, 0) is 38.0 Å². The van der Waals surface area contributed by atoms with Crippen molar-refractivity contribution in [1.29, 1.82) is 0 Å². The van der Waals surface area contributed by atoms with Gasteiger partial charge in [0.15, 0.2) is 5.65 Å². The molecular formula is C26H29N7O3. The molecule has 1 aliphatic rings. The number of ether oxygens (including phenoxy) is 1. The van der Waals surface area contributed by atoms with Gasteiger partial charge in [-0.2, -0.15) is 10.2 Å². The first-order valence-electron chi connectivity index (χ1n) is 12.1. The third-order valence-corrected chi connectivity index (χ3v) is 6.34. The van der Waals surface area contributed by atoms with Crippen LogP contribution in [0.1, 0.15) is 28.7 Å². The number of hydrogen-bond acceptors (Lipinski definition) is 6. The molecule has 1 aliphatic heterocycles. The number of morpholine rings is 1. The van der Waals surface area contributed by atoms with Gasteiger partial charge in [0.25, 0.3) is 5.91 Å². The summed E-state index contributed by atoms with van der Waals surface area (Å²) in [6, 6.07) is 10.2. The van der Waals surface area contributed by atoms with E-state index in [9.17, 15) is 9.59 Å². The highest BCUT2D eigenvalue weighted by Gasteiger charge is 2.26. The number of nitrogens with zero attached hydrogens (tertiary/aromatic N) is 6. The minimum atomic E-state index is -0.311. The zero-order valence-electron chi connectivity index (χ0n) is 20.7. The lowest BCUT2D eigenvalue weighted by Gasteiger charge is -2.27. The number of aromatic nitrogens is 5. The Bertz CT molecular complexity index is 1430. The molecular weight excluding hydrogens is 458 g/mol. The number of pyridine rings is 1. The number of carbonyl (C=O) groups excluding carboxylic acids is 2. The Labute approximate surface area is 208 Å². The molecule has 0 atom stereocenters. The first-order valence-corrected chi connectivity index (χ1v) is 12.1. The molecule has 5 rings (SSSR count). The number of rotatable bonds is 6. The SMILES string of the molecule is CCn1ncc(NC(=O)Cn2nc(C)c3c(-c4cccc(C)c4)ccnc32)c1C(=O)N1CCOCC1. The minimum absolute atomic E-state index is 0.0445. The lowest BCUT2D eigenvalue weighted by atomic mass is 10.0. The maximum Gasteiger partial charge on any atom is 0.274 e. The zero-order valence-corrected chi connectivity index (χ0v) is 20.7. The van der Waals surface area contributed by atoms with Crippen molar-refractivity contribution in [2.45, 2.75) is 33.9 Å². The third kappa shape index (κ3) is 4.47. The Morgan fingerprint density at radius 1 is 1.11 bits per heavy atom. The van der Waals surface area contributed by atoms with Crippen LogP contribution in [0.3, 0.4) is 0 Å². The normalized spacial score (nSPS) is 13.8. The molecule has 0 spiro atoms. The largest absolute Gasteiger partial charge is 0.378 e. The molecule has 0 unspecified atom stereocenters. The van der Waals surface area contributed by atoms with Crippen molar-refractivity contribution in [3.05, 3.63) is 59.7 Å². The molecule has 36 heavy (non-hydrogen) atoms. The number of benzene rings is 1. The van der Waals surface area contributed by atoms with Crippen molar-refractivity contribution in [1.82, 2.24) is 29.4 Å². The monoisotopic (exact) mass is 487 g/mol. The average Bonchev–Trinajstić information content (AvgIpc) is 3.44. The second-order valence-corrected chi connectivity index (χ2v) is 8.85. The quantitative estimate of drug-likeness (QED) is 0.448. The molecule has 2 amide bonds. The van der Waals surface area contributed by atoms with Crippen LogP contribution in [0, 0.1) is 13.8 Å². The molecule has 4 aromatic rings. The lowest BCUT2D eigenvalue weighted by molar-refractivity contribution is -0.116. The fourth-order valence-corrected chi connectivity index (χ4v) is 4.63. The van der Waals surface area contributed by atoms with E-state index in [0.29, 0.717) is 49.9 Å². The first-order chi connectivity index (χ1) is 17.5. The molecule has 1 N–H and O–H groups in total. The van der Waals surface area contributed by atoms with E-state index >= 15 is 0 Å². The van der Waals surface area contributed by atoms with Crippen LogP contribution in [0.25, 0.3) is 22.2 Å². The number of aryl methyl sites for hydroxylation is 3. The van der Waals surface area contributed by atoms with E-state index in [4.69, 9.17) is 4.74 Å². The van der Waals surface area contributed by atoms with E-state index in [0.717, 1.165) is 27.8 Å². The molecule has 0 radical (unpaired) electrons. The maximum atomic E-state index is 13.2. The molecule has 0 aliphatic carbocycles. The molecule has 0 saturated carbocycles. The fraction of sp³-hybridized carbons (Fsp3) is 0.346. The number of amides is 2. The molecule has 0 bridgehead atoms. The van der Waals surface area contributed by atoms with Crippen molar-refractivity contribution < 1.29 is 14.3 Å². The number of anilines is 1. The Kier molecular flexibility index (Phi) is 6.51. The summed E-state index contributed by atoms with van der Waals surface area (Å²) in [5, 5.41) is 12.7. The summed E-state index contributed by atoms with van der Waals surface area (Å²) in [6.07, 6.45) is 3.26. The van der Waals surface area contributed by atoms with Gasteiger partial charge >= 0.3 is 0 Å². The molecule has 3 aromatic heterocycles. The Balaban J connectivity index is 1.41. The average molecular weight is 488 g/mol. The highest BCUT2D eigenvalue weighted by Crippen LogP contribution is 2.30. The van der Waals surface area contributed by atoms with Gasteiger partial charge in [0.1, 0.15) is 12.2 Å². The van der Waals surface area contributed by atoms with Crippen LogP contribution < -0.4 is 5.32 Å². The van der Waals surface area contributed by atoms with Gasteiger partial charge in [0, 0.05) is 31.2 Å². The van der Waals surface area contributed by atoms with Crippen LogP contribution in [0.4, 0.5) is 5.69 Å². The third-order valence-electron chi connectivity index (χ3n) is 6.34. The van der Waals surface area contributed by atoms with E-state index in [2.05, 4.69) is 45.6 Å². The van der Waals surface area contributed by atoms with Crippen molar-refractivity contribution in [2.75, 3.05) is 31.6 Å². The van der Waals surface area contributed by atoms with Crippen LogP contribution in [-0.4, -0.2) is 67.6 Å². The van der Waals surface area contributed by atoms with E-state index < -0.39 is 0 Å². The predicted molar refractivity (Wildman–Crippen MR) is 136 cm³/mol. The summed E-state index contributed by atoms with van der Waals surface area (Å²) in [6.45, 7) is 8.36. The molecule has 1 fully saturated rings. The van der Waals surface area contributed by atoms with E-state index in [1.54, 1.807) is 20.5 Å². The highest BCUT2D eigenvalue weighted by atomic mass is 16.5. The zero-order chi connectivity index (χ0) is 25.2. The van der Waals surface area contributed by atoms with Crippen LogP contribution in [0.2, 0.25) is 0 Å². The number of carbonyl (C=O) groups is 2. The summed E-state index contributed by atoms with van der Waals surface area (Å²) in [5.74, 6) is -0.480. The van der Waals surface area contributed by atoms with Gasteiger partial charge in [-0.3, -0.25) is 14.3 Å². The molecule has 10 nitrogen and oxygen atoms in total. The predicted octanol–water partition coefficient (Wildman–Crippen LogP) is 3.04. The van der Waals surface area contributed by atoms with Gasteiger partial charge in [-0.1, -0.05) is 29.8 Å². The molecule has 1 aromatic carbocycles. The van der Waals surface area contributed by atoms with Crippen molar-refractivity contribution >= 4 is 28.5 Å². The maximum absolute atomic E-state index is 13.2. The van der Waals surface area contributed by atoms with Gasteiger partial charge in [0.05, 0.1) is 30.8 Å². The second kappa shape index (κ2) is 9.90. The van der Waals surface area contributed by atoms with Crippen molar-refractivity contribution in [2.24, 2.45) is 0 Å². The Morgan fingerprint density at radius 2 is 1.92 bits per heavy atom. The minimum Gasteiger partial charge on any atom is -0.378 e. The van der Waals surface area contributed by atoms with Crippen molar-refractivity contribution in [3.8, 4) is 11.1 Å². The van der Waals surface area contributed by atoms with Crippen LogP contribution in [-0.2, 0) is 22.6 Å². The molecule has 186 valence electrons. The number of fused-ring (bicyclic) bond motifs is 1. The standard InChI is InChI=1S/C26H29N7O3/c1-4-32-24(26(35)31-10-12-36-13-11-31)21(15-28-32)29-22(34)16-33-25-23(18(3)30-33)20(8-9-27-25)19-7-5-6-17(2)14-19/h5-9,14-15H,4,10-13,16H2,1-3H3,(H,29,34). The Morgan fingerprint density at radius 3 is 2.67 bits per heavy atom. The number of hydrogen-bond donors (Lipinski definition) is 1. The smallest absolute Gasteiger partial charge is 0.274 e.